The molecular weight excluding hydrogens is 458 g/mol. The lowest BCUT2D eigenvalue weighted by Crippen LogP contribution is -2.43. The first-order valence-corrected chi connectivity index (χ1v) is 12.4. The molecule has 2 heterocycles. The molecule has 3 aromatic rings. The Balaban J connectivity index is 1.36. The third-order valence-corrected chi connectivity index (χ3v) is 7.20. The molecule has 8 nitrogen and oxygen atoms in total. The van der Waals surface area contributed by atoms with Crippen molar-refractivity contribution in [1.82, 2.24) is 14.3 Å². The summed E-state index contributed by atoms with van der Waals surface area (Å²) in [5.41, 5.74) is 8.92. The molecule has 31 heavy (non-hydrogen) atoms. The third-order valence-electron chi connectivity index (χ3n) is 5.11. The predicted molar refractivity (Wildman–Crippen MR) is 121 cm³/mol. The van der Waals surface area contributed by atoms with Crippen LogP contribution in [0.25, 0.3) is 0 Å². The second-order valence-electron chi connectivity index (χ2n) is 7.16. The number of likely N-dealkylation sites (tertiary alicyclic amines) is 1. The van der Waals surface area contributed by atoms with Crippen LogP contribution in [0, 0.1) is 0 Å². The first-order valence-electron chi connectivity index (χ1n) is 9.72. The Bertz CT molecular complexity index is 1110. The largest absolute Gasteiger partial charge is 0.489 e. The number of sulfonamides is 1. The number of nitrogens with two attached hydrogens (primary N) is 1. The van der Waals surface area contributed by atoms with Crippen molar-refractivity contribution >= 4 is 39.1 Å². The van der Waals surface area contributed by atoms with Crippen LogP contribution < -0.4 is 15.2 Å². The monoisotopic (exact) mass is 479 g/mol. The van der Waals surface area contributed by atoms with Gasteiger partial charge in [-0.25, -0.2) is 18.1 Å². The highest BCUT2D eigenvalue weighted by Gasteiger charge is 2.26. The summed E-state index contributed by atoms with van der Waals surface area (Å²) >= 11 is 7.37. The Labute approximate surface area is 190 Å². The summed E-state index contributed by atoms with van der Waals surface area (Å²) in [6.45, 7) is 1.60. The van der Waals surface area contributed by atoms with E-state index in [1.807, 2.05) is 30.3 Å². The van der Waals surface area contributed by atoms with E-state index in [1.165, 1.54) is 17.6 Å². The third kappa shape index (κ3) is 5.34. The van der Waals surface area contributed by atoms with Gasteiger partial charge in [-0.1, -0.05) is 41.9 Å². The fourth-order valence-corrected chi connectivity index (χ4v) is 5.16. The van der Waals surface area contributed by atoms with E-state index >= 15 is 0 Å². The van der Waals surface area contributed by atoms with Gasteiger partial charge in [0.1, 0.15) is 17.4 Å². The van der Waals surface area contributed by atoms with Gasteiger partial charge in [-0.3, -0.25) is 4.90 Å². The average molecular weight is 480 g/mol. The summed E-state index contributed by atoms with van der Waals surface area (Å²) in [5, 5.41) is 0.234. The smallest absolute Gasteiger partial charge is 0.264 e. The summed E-state index contributed by atoms with van der Waals surface area (Å²) < 4.78 is 37.2. The van der Waals surface area contributed by atoms with E-state index in [0.29, 0.717) is 5.75 Å². The lowest BCUT2D eigenvalue weighted by atomic mass is 10.0. The van der Waals surface area contributed by atoms with Gasteiger partial charge in [-0.15, -0.1) is 0 Å². The van der Waals surface area contributed by atoms with Crippen molar-refractivity contribution in [1.29, 1.82) is 0 Å². The van der Waals surface area contributed by atoms with Gasteiger partial charge in [0.15, 0.2) is 0 Å². The molecule has 164 valence electrons. The molecule has 1 saturated heterocycles. The van der Waals surface area contributed by atoms with Gasteiger partial charge in [0.05, 0.1) is 16.1 Å². The molecule has 0 aliphatic carbocycles. The highest BCUT2D eigenvalue weighted by Crippen LogP contribution is 2.31. The van der Waals surface area contributed by atoms with Gasteiger partial charge < -0.3 is 10.5 Å². The lowest BCUT2D eigenvalue weighted by molar-refractivity contribution is 0.0765. The van der Waals surface area contributed by atoms with E-state index in [1.54, 1.807) is 6.07 Å². The Morgan fingerprint density at radius 1 is 1.19 bits per heavy atom. The van der Waals surface area contributed by atoms with Crippen LogP contribution in [0.1, 0.15) is 24.6 Å². The van der Waals surface area contributed by atoms with Gasteiger partial charge >= 0.3 is 0 Å². The van der Waals surface area contributed by atoms with E-state index in [2.05, 4.69) is 19.0 Å². The van der Waals surface area contributed by atoms with Crippen LogP contribution in [0.3, 0.4) is 0 Å². The Morgan fingerprint density at radius 2 is 1.94 bits per heavy atom. The minimum Gasteiger partial charge on any atom is -0.489 e. The Hall–Kier alpha value is -2.24. The molecule has 1 fully saturated rings. The quantitative estimate of drug-likeness (QED) is 0.533. The molecule has 4 rings (SSSR count). The summed E-state index contributed by atoms with van der Waals surface area (Å²) in [5.74, 6) is 0.486. The molecular formula is C20H22ClN5O3S2. The fraction of sp³-hybridized carbons (Fsp3) is 0.300. The molecule has 11 heteroatoms. The maximum atomic E-state index is 12.5. The molecule has 0 saturated carbocycles. The molecule has 1 aromatic heterocycles. The molecule has 0 radical (unpaired) electrons. The first-order chi connectivity index (χ1) is 14.9. The minimum absolute atomic E-state index is 0.0169. The number of halogens is 1. The molecule has 1 aliphatic rings. The van der Waals surface area contributed by atoms with Crippen LogP contribution in [0.4, 0.5) is 5.95 Å². The second-order valence-corrected chi connectivity index (χ2v) is 9.86. The van der Waals surface area contributed by atoms with E-state index in [-0.39, 0.29) is 28.1 Å². The lowest BCUT2D eigenvalue weighted by Gasteiger charge is -2.36. The van der Waals surface area contributed by atoms with Crippen LogP contribution in [-0.2, 0) is 10.0 Å². The standard InChI is InChI=1S/C20H22ClN5O3S2/c21-17-12-16(31(27,28)25-20-23-13-30-24-20)6-7-18(17)29-15-8-10-26(11-9-15)19(22)14-4-2-1-3-5-14/h1-7,12-13,15,19H,8-11,22H2,(H,24,25)/t19-/m1/s1. The molecule has 1 aliphatic heterocycles. The number of rotatable bonds is 7. The Morgan fingerprint density at radius 3 is 2.58 bits per heavy atom. The number of anilines is 1. The minimum atomic E-state index is -3.83. The van der Waals surface area contributed by atoms with Crippen LogP contribution in [0.5, 0.6) is 5.75 Å². The topological polar surface area (TPSA) is 110 Å². The van der Waals surface area contributed by atoms with Gasteiger partial charge in [0.25, 0.3) is 10.0 Å². The molecule has 0 spiro atoms. The average Bonchev–Trinajstić information content (AvgIpc) is 3.28. The predicted octanol–water partition coefficient (Wildman–Crippen LogP) is 3.49. The number of piperidine rings is 1. The van der Waals surface area contributed by atoms with Crippen molar-refractivity contribution in [2.45, 2.75) is 30.0 Å². The maximum absolute atomic E-state index is 12.5. The first kappa shape index (κ1) is 22.0. The molecule has 3 N–H and O–H groups in total. The number of hydrogen-bond acceptors (Lipinski definition) is 8. The summed E-state index contributed by atoms with van der Waals surface area (Å²) in [7, 11) is -3.83. The number of aromatic nitrogens is 2. The molecule has 1 atom stereocenters. The number of nitrogens with zero attached hydrogens (tertiary/aromatic N) is 3. The van der Waals surface area contributed by atoms with E-state index in [4.69, 9.17) is 22.1 Å². The molecule has 0 unspecified atom stereocenters. The Kier molecular flexibility index (Phi) is 6.73. The van der Waals surface area contributed by atoms with Crippen molar-refractivity contribution in [2.75, 3.05) is 17.8 Å². The van der Waals surface area contributed by atoms with Crippen LogP contribution >= 0.6 is 23.1 Å². The second kappa shape index (κ2) is 9.49. The van der Waals surface area contributed by atoms with Crippen LogP contribution in [0.2, 0.25) is 5.02 Å². The van der Waals surface area contributed by atoms with Crippen molar-refractivity contribution in [3.05, 3.63) is 64.6 Å². The van der Waals surface area contributed by atoms with Crippen molar-refractivity contribution in [3.63, 3.8) is 0 Å². The number of nitrogens with one attached hydrogen (secondary N) is 1. The highest BCUT2D eigenvalue weighted by molar-refractivity contribution is 7.92. The van der Waals surface area contributed by atoms with Gasteiger partial charge in [-0.2, -0.15) is 4.37 Å². The highest BCUT2D eigenvalue weighted by atomic mass is 35.5. The van der Waals surface area contributed by atoms with Crippen LogP contribution in [0.15, 0.2) is 58.9 Å². The zero-order valence-corrected chi connectivity index (χ0v) is 18.9. The van der Waals surface area contributed by atoms with Gasteiger partial charge in [-0.05, 0) is 48.1 Å². The molecule has 2 aromatic carbocycles. The summed E-state index contributed by atoms with van der Waals surface area (Å²) in [6, 6.07) is 14.4. The van der Waals surface area contributed by atoms with Gasteiger partial charge in [0.2, 0.25) is 5.95 Å². The van der Waals surface area contributed by atoms with E-state index in [0.717, 1.165) is 43.0 Å². The zero-order valence-electron chi connectivity index (χ0n) is 16.5. The number of benzene rings is 2. The van der Waals surface area contributed by atoms with Crippen LogP contribution in [-0.4, -0.2) is 41.9 Å². The SMILES string of the molecule is N[C@@H](c1ccccc1)N1CCC(Oc2ccc(S(=O)(=O)Nc3ncsn3)cc2Cl)CC1. The summed E-state index contributed by atoms with van der Waals surface area (Å²) in [4.78, 5) is 6.07. The van der Waals surface area contributed by atoms with E-state index in [9.17, 15) is 8.42 Å². The van der Waals surface area contributed by atoms with E-state index < -0.39 is 10.0 Å². The maximum Gasteiger partial charge on any atom is 0.264 e. The molecule has 0 bridgehead atoms. The molecule has 0 amide bonds. The fourth-order valence-electron chi connectivity index (χ4n) is 3.45. The number of ether oxygens (including phenoxy) is 1. The van der Waals surface area contributed by atoms with Crippen molar-refractivity contribution < 1.29 is 13.2 Å². The zero-order chi connectivity index (χ0) is 21.8. The number of hydrogen-bond donors (Lipinski definition) is 2. The van der Waals surface area contributed by atoms with Crippen molar-refractivity contribution in [2.24, 2.45) is 5.73 Å². The summed E-state index contributed by atoms with van der Waals surface area (Å²) in [6.07, 6.45) is 1.44. The van der Waals surface area contributed by atoms with Gasteiger partial charge in [0, 0.05) is 13.1 Å². The normalized spacial score (nSPS) is 16.7. The van der Waals surface area contributed by atoms with Crippen molar-refractivity contribution in [3.8, 4) is 5.75 Å².